The van der Waals surface area contributed by atoms with E-state index in [1.54, 1.807) is 0 Å². The van der Waals surface area contributed by atoms with Crippen LogP contribution in [0, 0.1) is 0 Å². The maximum atomic E-state index is 5.87. The first-order valence-corrected chi connectivity index (χ1v) is 6.83. The maximum absolute atomic E-state index is 5.87. The van der Waals surface area contributed by atoms with E-state index in [1.807, 2.05) is 18.2 Å². The van der Waals surface area contributed by atoms with E-state index in [-0.39, 0.29) is 0 Å². The molecule has 0 unspecified atom stereocenters. The average Bonchev–Trinajstić information content (AvgIpc) is 2.18. The molecule has 2 rings (SSSR count). The molecule has 0 aromatic heterocycles. The van der Waals surface area contributed by atoms with Crippen LogP contribution in [-0.4, -0.2) is 44.2 Å². The molecule has 17 heavy (non-hydrogen) atoms. The number of nitrogens with zero attached hydrogens (tertiary/aromatic N) is 1. The quantitative estimate of drug-likeness (QED) is 0.902. The summed E-state index contributed by atoms with van der Waals surface area (Å²) in [6.45, 7) is 3.79. The Balaban J connectivity index is 1.77. The molecule has 0 spiro atoms. The van der Waals surface area contributed by atoms with Gasteiger partial charge < -0.3 is 10.1 Å². The molecule has 1 fully saturated rings. The molecular formula is C12H16BrClN2O. The molecule has 0 atom stereocenters. The van der Waals surface area contributed by atoms with Crippen molar-refractivity contribution in [2.45, 2.75) is 6.04 Å². The molecule has 0 radical (unpaired) electrons. The summed E-state index contributed by atoms with van der Waals surface area (Å²) in [7, 11) is 2.13. The summed E-state index contributed by atoms with van der Waals surface area (Å²) >= 11 is 9.30. The third-order valence-corrected chi connectivity index (χ3v) is 3.83. The minimum Gasteiger partial charge on any atom is -0.491 e. The highest BCUT2D eigenvalue weighted by atomic mass is 79.9. The van der Waals surface area contributed by atoms with Crippen molar-refractivity contribution in [3.8, 4) is 5.75 Å². The van der Waals surface area contributed by atoms with E-state index < -0.39 is 0 Å². The number of hydrogen-bond acceptors (Lipinski definition) is 3. The second kappa shape index (κ2) is 6.05. The summed E-state index contributed by atoms with van der Waals surface area (Å²) in [4.78, 5) is 2.32. The Hall–Kier alpha value is -0.290. The number of ether oxygens (including phenoxy) is 1. The summed E-state index contributed by atoms with van der Waals surface area (Å²) < 4.78 is 6.61. The first kappa shape index (κ1) is 13.1. The van der Waals surface area contributed by atoms with Crippen LogP contribution in [0.1, 0.15) is 0 Å². The van der Waals surface area contributed by atoms with Crippen molar-refractivity contribution in [1.29, 1.82) is 0 Å². The van der Waals surface area contributed by atoms with Crippen molar-refractivity contribution < 1.29 is 4.74 Å². The molecule has 0 saturated carbocycles. The lowest BCUT2D eigenvalue weighted by atomic mass is 10.1. The van der Waals surface area contributed by atoms with Gasteiger partial charge in [-0.25, -0.2) is 0 Å². The number of rotatable bonds is 5. The van der Waals surface area contributed by atoms with Gasteiger partial charge in [-0.1, -0.05) is 11.6 Å². The SMILES string of the molecule is CN(CCOc1ccc(Cl)cc1Br)C1CNC1. The van der Waals surface area contributed by atoms with Crippen LogP contribution in [0.15, 0.2) is 22.7 Å². The van der Waals surface area contributed by atoms with Gasteiger partial charge in [0, 0.05) is 30.7 Å². The molecule has 1 heterocycles. The van der Waals surface area contributed by atoms with Gasteiger partial charge in [-0.2, -0.15) is 0 Å². The van der Waals surface area contributed by atoms with Crippen LogP contribution in [0.2, 0.25) is 5.02 Å². The third kappa shape index (κ3) is 3.58. The van der Waals surface area contributed by atoms with E-state index in [0.29, 0.717) is 17.7 Å². The molecule has 5 heteroatoms. The van der Waals surface area contributed by atoms with Crippen LogP contribution < -0.4 is 10.1 Å². The lowest BCUT2D eigenvalue weighted by Crippen LogP contribution is -2.56. The van der Waals surface area contributed by atoms with Gasteiger partial charge in [0.15, 0.2) is 0 Å². The van der Waals surface area contributed by atoms with E-state index in [4.69, 9.17) is 16.3 Å². The zero-order valence-corrected chi connectivity index (χ0v) is 12.1. The van der Waals surface area contributed by atoms with Gasteiger partial charge in [-0.3, -0.25) is 4.90 Å². The normalized spacial score (nSPS) is 16.0. The van der Waals surface area contributed by atoms with Crippen molar-refractivity contribution in [2.75, 3.05) is 33.3 Å². The zero-order valence-electron chi connectivity index (χ0n) is 9.75. The van der Waals surface area contributed by atoms with Crippen molar-refractivity contribution in [3.63, 3.8) is 0 Å². The van der Waals surface area contributed by atoms with Crippen LogP contribution in [0.25, 0.3) is 0 Å². The van der Waals surface area contributed by atoms with Gasteiger partial charge in [-0.15, -0.1) is 0 Å². The van der Waals surface area contributed by atoms with Crippen molar-refractivity contribution in [2.24, 2.45) is 0 Å². The second-order valence-corrected chi connectivity index (χ2v) is 5.51. The summed E-state index contributed by atoms with van der Waals surface area (Å²) in [5, 5.41) is 3.97. The Bertz CT molecular complexity index is 385. The fraction of sp³-hybridized carbons (Fsp3) is 0.500. The van der Waals surface area contributed by atoms with Crippen LogP contribution >= 0.6 is 27.5 Å². The van der Waals surface area contributed by atoms with Crippen LogP contribution in [-0.2, 0) is 0 Å². The fourth-order valence-corrected chi connectivity index (χ4v) is 2.46. The van der Waals surface area contributed by atoms with E-state index in [2.05, 4.69) is 33.2 Å². The molecular weight excluding hydrogens is 304 g/mol. The lowest BCUT2D eigenvalue weighted by Gasteiger charge is -2.35. The Morgan fingerprint density at radius 2 is 2.29 bits per heavy atom. The standard InChI is InChI=1S/C12H16BrClN2O/c1-16(10-7-15-8-10)4-5-17-12-3-2-9(14)6-11(12)13/h2-3,6,10,15H,4-5,7-8H2,1H3. The number of benzene rings is 1. The van der Waals surface area contributed by atoms with Gasteiger partial charge in [0.2, 0.25) is 0 Å². The second-order valence-electron chi connectivity index (χ2n) is 4.22. The minimum atomic E-state index is 0.659. The number of halogens is 2. The van der Waals surface area contributed by atoms with Crippen LogP contribution in [0.4, 0.5) is 0 Å². The third-order valence-electron chi connectivity index (χ3n) is 2.98. The predicted molar refractivity (Wildman–Crippen MR) is 73.9 cm³/mol. The molecule has 94 valence electrons. The highest BCUT2D eigenvalue weighted by molar-refractivity contribution is 9.10. The maximum Gasteiger partial charge on any atom is 0.133 e. The molecule has 1 saturated heterocycles. The van der Waals surface area contributed by atoms with E-state index in [9.17, 15) is 0 Å². The fourth-order valence-electron chi connectivity index (χ4n) is 1.66. The van der Waals surface area contributed by atoms with Gasteiger partial charge in [-0.05, 0) is 41.2 Å². The topological polar surface area (TPSA) is 24.5 Å². The van der Waals surface area contributed by atoms with E-state index >= 15 is 0 Å². The highest BCUT2D eigenvalue weighted by Crippen LogP contribution is 2.27. The number of nitrogens with one attached hydrogen (secondary N) is 1. The van der Waals surface area contributed by atoms with E-state index in [1.165, 1.54) is 0 Å². The lowest BCUT2D eigenvalue weighted by molar-refractivity contribution is 0.151. The molecule has 1 aromatic rings. The first-order valence-electron chi connectivity index (χ1n) is 5.65. The zero-order chi connectivity index (χ0) is 12.3. The minimum absolute atomic E-state index is 0.659. The van der Waals surface area contributed by atoms with Crippen molar-refractivity contribution >= 4 is 27.5 Å². The van der Waals surface area contributed by atoms with Gasteiger partial charge in [0.25, 0.3) is 0 Å². The van der Waals surface area contributed by atoms with Gasteiger partial charge >= 0.3 is 0 Å². The Morgan fingerprint density at radius 3 is 2.88 bits per heavy atom. The van der Waals surface area contributed by atoms with E-state index in [0.717, 1.165) is 29.9 Å². The summed E-state index contributed by atoms with van der Waals surface area (Å²) in [5.41, 5.74) is 0. The van der Waals surface area contributed by atoms with Crippen molar-refractivity contribution in [3.05, 3.63) is 27.7 Å². The van der Waals surface area contributed by atoms with Gasteiger partial charge in [0.1, 0.15) is 12.4 Å². The van der Waals surface area contributed by atoms with Gasteiger partial charge in [0.05, 0.1) is 4.47 Å². The molecule has 1 aliphatic heterocycles. The Kier molecular flexibility index (Phi) is 4.68. The highest BCUT2D eigenvalue weighted by Gasteiger charge is 2.20. The predicted octanol–water partition coefficient (Wildman–Crippen LogP) is 2.38. The largest absolute Gasteiger partial charge is 0.491 e. The van der Waals surface area contributed by atoms with Crippen LogP contribution in [0.5, 0.6) is 5.75 Å². The summed E-state index contributed by atoms with van der Waals surface area (Å²) in [6.07, 6.45) is 0. The van der Waals surface area contributed by atoms with Crippen LogP contribution in [0.3, 0.4) is 0 Å². The number of likely N-dealkylation sites (N-methyl/N-ethyl adjacent to an activating group) is 1. The molecule has 1 aliphatic rings. The molecule has 3 nitrogen and oxygen atoms in total. The monoisotopic (exact) mass is 318 g/mol. The molecule has 0 amide bonds. The number of hydrogen-bond donors (Lipinski definition) is 1. The Morgan fingerprint density at radius 1 is 1.53 bits per heavy atom. The summed E-state index contributed by atoms with van der Waals surface area (Å²) in [5.74, 6) is 0.842. The summed E-state index contributed by atoms with van der Waals surface area (Å²) in [6, 6.07) is 6.22. The Labute approximate surface area is 115 Å². The molecule has 1 aromatic carbocycles. The smallest absolute Gasteiger partial charge is 0.133 e. The van der Waals surface area contributed by atoms with Crippen molar-refractivity contribution in [1.82, 2.24) is 10.2 Å². The molecule has 1 N–H and O–H groups in total. The molecule has 0 aliphatic carbocycles. The first-order chi connectivity index (χ1) is 8.16. The average molecular weight is 320 g/mol. The molecule has 0 bridgehead atoms.